The van der Waals surface area contributed by atoms with Crippen molar-refractivity contribution in [2.24, 2.45) is 0 Å². The fourth-order valence-corrected chi connectivity index (χ4v) is 2.50. The molecule has 0 aliphatic rings. The first-order valence-corrected chi connectivity index (χ1v) is 7.80. The van der Waals surface area contributed by atoms with Crippen molar-refractivity contribution in [3.63, 3.8) is 0 Å². The van der Waals surface area contributed by atoms with Crippen LogP contribution in [0.2, 0.25) is 0 Å². The predicted octanol–water partition coefficient (Wildman–Crippen LogP) is 3.48. The van der Waals surface area contributed by atoms with Gasteiger partial charge in [0.15, 0.2) is 0 Å². The summed E-state index contributed by atoms with van der Waals surface area (Å²) < 4.78 is 41.3. The maximum atomic E-state index is 13.8. The van der Waals surface area contributed by atoms with Crippen LogP contribution in [0, 0.1) is 24.4 Å². The van der Waals surface area contributed by atoms with Crippen LogP contribution in [0.15, 0.2) is 42.5 Å². The second-order valence-corrected chi connectivity index (χ2v) is 5.73. The highest BCUT2D eigenvalue weighted by Crippen LogP contribution is 2.18. The van der Waals surface area contributed by atoms with Crippen LogP contribution in [0.5, 0.6) is 0 Å². The third-order valence-electron chi connectivity index (χ3n) is 3.82. The van der Waals surface area contributed by atoms with Gasteiger partial charge in [0.25, 0.3) is 5.91 Å². The summed E-state index contributed by atoms with van der Waals surface area (Å²) in [6, 6.07) is 8.00. The van der Waals surface area contributed by atoms with Crippen molar-refractivity contribution in [1.82, 2.24) is 20.1 Å². The summed E-state index contributed by atoms with van der Waals surface area (Å²) in [6.07, 6.45) is 0. The number of aryl methyl sites for hydroxylation is 1. The van der Waals surface area contributed by atoms with Crippen LogP contribution >= 0.6 is 0 Å². The van der Waals surface area contributed by atoms with Crippen molar-refractivity contribution in [3.05, 3.63) is 77.1 Å². The topological polar surface area (TPSA) is 59.8 Å². The maximum absolute atomic E-state index is 13.8. The van der Waals surface area contributed by atoms with Gasteiger partial charge in [-0.15, -0.1) is 5.10 Å². The van der Waals surface area contributed by atoms with Crippen LogP contribution in [0.3, 0.4) is 0 Å². The highest BCUT2D eigenvalue weighted by atomic mass is 19.1. The molecule has 3 rings (SSSR count). The van der Waals surface area contributed by atoms with E-state index in [1.165, 1.54) is 35.0 Å². The van der Waals surface area contributed by atoms with Crippen molar-refractivity contribution in [3.8, 4) is 5.69 Å². The number of aromatic nitrogens is 3. The molecule has 0 saturated heterocycles. The molecule has 1 atom stereocenters. The van der Waals surface area contributed by atoms with Crippen LogP contribution < -0.4 is 5.32 Å². The van der Waals surface area contributed by atoms with Crippen molar-refractivity contribution in [1.29, 1.82) is 0 Å². The second kappa shape index (κ2) is 6.99. The molecule has 0 radical (unpaired) electrons. The number of hydrogen-bond acceptors (Lipinski definition) is 3. The third kappa shape index (κ3) is 3.58. The predicted molar refractivity (Wildman–Crippen MR) is 88.3 cm³/mol. The average molecular weight is 360 g/mol. The first kappa shape index (κ1) is 17.7. The van der Waals surface area contributed by atoms with Gasteiger partial charge in [-0.2, -0.15) is 0 Å². The van der Waals surface area contributed by atoms with E-state index in [0.717, 1.165) is 12.1 Å². The molecule has 8 heteroatoms. The first-order valence-electron chi connectivity index (χ1n) is 7.80. The van der Waals surface area contributed by atoms with E-state index in [1.54, 1.807) is 13.8 Å². The minimum atomic E-state index is -0.751. The number of carbonyl (C=O) groups excluding carboxylic acids is 1. The van der Waals surface area contributed by atoms with E-state index in [9.17, 15) is 18.0 Å². The number of halogens is 3. The van der Waals surface area contributed by atoms with Gasteiger partial charge >= 0.3 is 0 Å². The Hall–Kier alpha value is -3.16. The average Bonchev–Trinajstić information content (AvgIpc) is 2.97. The lowest BCUT2D eigenvalue weighted by Gasteiger charge is -2.13. The smallest absolute Gasteiger partial charge is 0.291 e. The van der Waals surface area contributed by atoms with Gasteiger partial charge in [-0.1, -0.05) is 6.07 Å². The zero-order chi connectivity index (χ0) is 18.8. The number of rotatable bonds is 4. The SMILES string of the molecule is Cc1nc(C(=O)N[C@@H](C)c2ccc(F)cc2F)nn1-c1ccc(F)cc1. The molecule has 0 aliphatic heterocycles. The summed E-state index contributed by atoms with van der Waals surface area (Å²) in [4.78, 5) is 16.4. The molecule has 5 nitrogen and oxygen atoms in total. The molecular formula is C18H15F3N4O. The van der Waals surface area contributed by atoms with Gasteiger partial charge in [-0.05, 0) is 44.2 Å². The number of carbonyl (C=O) groups is 1. The fourth-order valence-electron chi connectivity index (χ4n) is 2.50. The molecule has 1 N–H and O–H groups in total. The summed E-state index contributed by atoms with van der Waals surface area (Å²) in [5.74, 6) is -2.12. The standard InChI is InChI=1S/C18H15F3N4O/c1-10(15-8-5-13(20)9-16(15)21)22-18(26)17-23-11(2)25(24-17)14-6-3-12(19)4-7-14/h3-10H,1-2H3,(H,22,26)/t10-/m0/s1. The van der Waals surface area contributed by atoms with Gasteiger partial charge in [0.2, 0.25) is 5.82 Å². The Kier molecular flexibility index (Phi) is 4.75. The molecule has 0 spiro atoms. The molecule has 26 heavy (non-hydrogen) atoms. The molecule has 0 aliphatic carbocycles. The van der Waals surface area contributed by atoms with Crippen molar-refractivity contribution in [2.75, 3.05) is 0 Å². The number of benzene rings is 2. The Morgan fingerprint density at radius 3 is 2.38 bits per heavy atom. The molecule has 1 aromatic heterocycles. The van der Waals surface area contributed by atoms with Gasteiger partial charge < -0.3 is 5.32 Å². The van der Waals surface area contributed by atoms with Gasteiger partial charge in [-0.3, -0.25) is 4.79 Å². The molecule has 0 saturated carbocycles. The Morgan fingerprint density at radius 1 is 1.08 bits per heavy atom. The zero-order valence-electron chi connectivity index (χ0n) is 14.0. The molecule has 1 amide bonds. The van der Waals surface area contributed by atoms with Gasteiger partial charge in [0, 0.05) is 11.6 Å². The summed E-state index contributed by atoms with van der Waals surface area (Å²) in [5, 5.41) is 6.68. The zero-order valence-corrected chi connectivity index (χ0v) is 14.0. The lowest BCUT2D eigenvalue weighted by Crippen LogP contribution is -2.28. The van der Waals surface area contributed by atoms with E-state index < -0.39 is 23.6 Å². The summed E-state index contributed by atoms with van der Waals surface area (Å²) >= 11 is 0. The van der Waals surface area contributed by atoms with Crippen LogP contribution in [0.25, 0.3) is 5.69 Å². The number of hydrogen-bond donors (Lipinski definition) is 1. The molecular weight excluding hydrogens is 345 g/mol. The largest absolute Gasteiger partial charge is 0.343 e. The molecule has 0 unspecified atom stereocenters. The van der Waals surface area contributed by atoms with Gasteiger partial charge in [-0.25, -0.2) is 22.8 Å². The maximum Gasteiger partial charge on any atom is 0.291 e. The van der Waals surface area contributed by atoms with Crippen LogP contribution in [-0.2, 0) is 0 Å². The highest BCUT2D eigenvalue weighted by Gasteiger charge is 2.19. The van der Waals surface area contributed by atoms with E-state index in [0.29, 0.717) is 11.5 Å². The first-order chi connectivity index (χ1) is 12.3. The normalized spacial score (nSPS) is 12.0. The number of nitrogens with zero attached hydrogens (tertiary/aromatic N) is 3. The van der Waals surface area contributed by atoms with Crippen LogP contribution in [-0.4, -0.2) is 20.7 Å². The minimum absolute atomic E-state index is 0.110. The van der Waals surface area contributed by atoms with Crippen molar-refractivity contribution in [2.45, 2.75) is 19.9 Å². The second-order valence-electron chi connectivity index (χ2n) is 5.73. The summed E-state index contributed by atoms with van der Waals surface area (Å²) in [5.41, 5.74) is 0.697. The highest BCUT2D eigenvalue weighted by molar-refractivity contribution is 5.90. The summed E-state index contributed by atoms with van der Waals surface area (Å²) in [7, 11) is 0. The molecule has 0 fully saturated rings. The van der Waals surface area contributed by atoms with Crippen molar-refractivity contribution < 1.29 is 18.0 Å². The van der Waals surface area contributed by atoms with E-state index in [4.69, 9.17) is 0 Å². The Morgan fingerprint density at radius 2 is 1.73 bits per heavy atom. The quantitative estimate of drug-likeness (QED) is 0.775. The van der Waals surface area contributed by atoms with E-state index in [1.807, 2.05) is 0 Å². The van der Waals surface area contributed by atoms with E-state index >= 15 is 0 Å². The van der Waals surface area contributed by atoms with Crippen LogP contribution in [0.1, 0.15) is 35.0 Å². The molecule has 2 aromatic carbocycles. The van der Waals surface area contributed by atoms with Crippen molar-refractivity contribution >= 4 is 5.91 Å². The summed E-state index contributed by atoms with van der Waals surface area (Å²) in [6.45, 7) is 3.22. The van der Waals surface area contributed by atoms with Gasteiger partial charge in [0.05, 0.1) is 11.7 Å². The lowest BCUT2D eigenvalue weighted by atomic mass is 10.1. The molecule has 134 valence electrons. The minimum Gasteiger partial charge on any atom is -0.343 e. The number of amides is 1. The molecule has 1 heterocycles. The van der Waals surface area contributed by atoms with E-state index in [2.05, 4.69) is 15.4 Å². The fraction of sp³-hybridized carbons (Fsp3) is 0.167. The Labute approximate surface area is 147 Å². The Balaban J connectivity index is 1.80. The third-order valence-corrected chi connectivity index (χ3v) is 3.82. The molecule has 3 aromatic rings. The van der Waals surface area contributed by atoms with E-state index in [-0.39, 0.29) is 17.2 Å². The molecule has 0 bridgehead atoms. The monoisotopic (exact) mass is 360 g/mol. The van der Waals surface area contributed by atoms with Gasteiger partial charge in [0.1, 0.15) is 23.3 Å². The number of nitrogens with one attached hydrogen (secondary N) is 1. The Bertz CT molecular complexity index is 954. The lowest BCUT2D eigenvalue weighted by molar-refractivity contribution is 0.0929. The van der Waals surface area contributed by atoms with Crippen LogP contribution in [0.4, 0.5) is 13.2 Å².